The number of carbonyl (C=O) groups is 1. The summed E-state index contributed by atoms with van der Waals surface area (Å²) in [4.78, 5) is 12.2. The number of nitrogens with one attached hydrogen (secondary N) is 1. The zero-order valence-corrected chi connectivity index (χ0v) is 16.7. The predicted molar refractivity (Wildman–Crippen MR) is 115 cm³/mol. The second-order valence-electron chi connectivity index (χ2n) is 6.67. The smallest absolute Gasteiger partial charge is 0.307 e. The summed E-state index contributed by atoms with van der Waals surface area (Å²) in [6, 6.07) is 20.4. The first kappa shape index (κ1) is 20.2. The maximum atomic E-state index is 13.0. The highest BCUT2D eigenvalue weighted by Crippen LogP contribution is 2.28. The first-order valence-corrected chi connectivity index (χ1v) is 9.49. The van der Waals surface area contributed by atoms with Crippen molar-refractivity contribution in [2.45, 2.75) is 6.61 Å². The second kappa shape index (κ2) is 9.13. The van der Waals surface area contributed by atoms with Crippen LogP contribution in [-0.2, 0) is 6.61 Å². The van der Waals surface area contributed by atoms with Crippen LogP contribution in [0.1, 0.15) is 21.7 Å². The monoisotopic (exact) mass is 418 g/mol. The van der Waals surface area contributed by atoms with Crippen molar-refractivity contribution in [3.63, 3.8) is 0 Å². The minimum atomic E-state index is -0.446. The van der Waals surface area contributed by atoms with Gasteiger partial charge >= 0.3 is 5.91 Å². The van der Waals surface area contributed by atoms with E-state index in [-0.39, 0.29) is 18.2 Å². The van der Waals surface area contributed by atoms with E-state index in [0.717, 1.165) is 10.9 Å². The Morgan fingerprint density at radius 3 is 2.65 bits per heavy atom. The standard InChI is InChI=1S/C24H19FN2O4/c1-29-22-12-17(8-11-21(22)30-15-16-6-9-19(25)10-7-16)14-26-27-24(28)23-13-18-4-2-3-5-20(18)31-23/h2-14H,15H2,1H3,(H,27,28)/b26-14+. The van der Waals surface area contributed by atoms with Gasteiger partial charge in [0, 0.05) is 5.39 Å². The molecule has 3 aromatic carbocycles. The summed E-state index contributed by atoms with van der Waals surface area (Å²) in [5.74, 6) is 0.487. The molecule has 31 heavy (non-hydrogen) atoms. The molecule has 6 nitrogen and oxygen atoms in total. The van der Waals surface area contributed by atoms with Crippen LogP contribution >= 0.6 is 0 Å². The largest absolute Gasteiger partial charge is 0.493 e. The molecule has 4 aromatic rings. The van der Waals surface area contributed by atoms with Gasteiger partial charge in [0.2, 0.25) is 0 Å². The van der Waals surface area contributed by atoms with E-state index in [1.54, 1.807) is 42.5 Å². The molecule has 1 aromatic heterocycles. The summed E-state index contributed by atoms with van der Waals surface area (Å²) >= 11 is 0. The molecular weight excluding hydrogens is 399 g/mol. The van der Waals surface area contributed by atoms with E-state index in [2.05, 4.69) is 10.5 Å². The van der Waals surface area contributed by atoms with Gasteiger partial charge in [-0.25, -0.2) is 9.82 Å². The number of ether oxygens (including phenoxy) is 2. The molecule has 7 heteroatoms. The fraction of sp³-hybridized carbons (Fsp3) is 0.0833. The van der Waals surface area contributed by atoms with Crippen LogP contribution in [0.2, 0.25) is 0 Å². The van der Waals surface area contributed by atoms with Gasteiger partial charge in [-0.05, 0) is 53.6 Å². The Labute approximate surface area is 177 Å². The molecular formula is C24H19FN2O4. The molecule has 1 heterocycles. The molecule has 0 saturated heterocycles. The van der Waals surface area contributed by atoms with Crippen molar-refractivity contribution < 1.29 is 23.1 Å². The zero-order valence-electron chi connectivity index (χ0n) is 16.7. The molecule has 1 amide bonds. The molecule has 0 aliphatic carbocycles. The predicted octanol–water partition coefficient (Wildman–Crippen LogP) is 4.92. The van der Waals surface area contributed by atoms with Crippen molar-refractivity contribution in [2.24, 2.45) is 5.10 Å². The van der Waals surface area contributed by atoms with Gasteiger partial charge < -0.3 is 13.9 Å². The number of hydrazone groups is 1. The third kappa shape index (κ3) is 4.90. The van der Waals surface area contributed by atoms with E-state index < -0.39 is 5.91 Å². The number of amides is 1. The lowest BCUT2D eigenvalue weighted by Gasteiger charge is -2.11. The summed E-state index contributed by atoms with van der Waals surface area (Å²) in [5, 5.41) is 4.82. The Morgan fingerprint density at radius 2 is 1.87 bits per heavy atom. The molecule has 0 fully saturated rings. The third-order valence-electron chi connectivity index (χ3n) is 4.52. The van der Waals surface area contributed by atoms with Gasteiger partial charge in [-0.1, -0.05) is 30.3 Å². The number of furan rings is 1. The molecule has 0 unspecified atom stereocenters. The highest BCUT2D eigenvalue weighted by molar-refractivity contribution is 5.96. The average molecular weight is 418 g/mol. The molecule has 0 aliphatic heterocycles. The Bertz CT molecular complexity index is 1200. The van der Waals surface area contributed by atoms with Gasteiger partial charge in [-0.15, -0.1) is 0 Å². The maximum Gasteiger partial charge on any atom is 0.307 e. The second-order valence-corrected chi connectivity index (χ2v) is 6.67. The SMILES string of the molecule is COc1cc(/C=N/NC(=O)c2cc3ccccc3o2)ccc1OCc1ccc(F)cc1. The Kier molecular flexibility index (Phi) is 5.93. The molecule has 0 spiro atoms. The van der Waals surface area contributed by atoms with Gasteiger partial charge in [0.25, 0.3) is 0 Å². The first-order chi connectivity index (χ1) is 15.1. The van der Waals surface area contributed by atoms with Gasteiger partial charge in [0.1, 0.15) is 18.0 Å². The minimum absolute atomic E-state index is 0.181. The first-order valence-electron chi connectivity index (χ1n) is 9.49. The molecule has 4 rings (SSSR count). The number of nitrogens with zero attached hydrogens (tertiary/aromatic N) is 1. The van der Waals surface area contributed by atoms with E-state index in [1.807, 2.05) is 18.2 Å². The van der Waals surface area contributed by atoms with Gasteiger partial charge in [0.15, 0.2) is 17.3 Å². The van der Waals surface area contributed by atoms with E-state index in [1.165, 1.54) is 25.5 Å². The maximum absolute atomic E-state index is 13.0. The number of methoxy groups -OCH3 is 1. The number of benzene rings is 3. The van der Waals surface area contributed by atoms with Crippen LogP contribution in [0.3, 0.4) is 0 Å². The van der Waals surface area contributed by atoms with Crippen molar-refractivity contribution in [2.75, 3.05) is 7.11 Å². The van der Waals surface area contributed by atoms with Crippen LogP contribution in [0.15, 0.2) is 82.3 Å². The van der Waals surface area contributed by atoms with Crippen molar-refractivity contribution >= 4 is 23.1 Å². The van der Waals surface area contributed by atoms with Gasteiger partial charge in [-0.3, -0.25) is 4.79 Å². The zero-order chi connectivity index (χ0) is 21.6. The fourth-order valence-electron chi connectivity index (χ4n) is 2.94. The number of para-hydroxylation sites is 1. The van der Waals surface area contributed by atoms with Crippen LogP contribution < -0.4 is 14.9 Å². The normalized spacial score (nSPS) is 11.0. The number of hydrogen-bond acceptors (Lipinski definition) is 5. The van der Waals surface area contributed by atoms with E-state index in [0.29, 0.717) is 22.6 Å². The quantitative estimate of drug-likeness (QED) is 0.341. The number of fused-ring (bicyclic) bond motifs is 1. The van der Waals surface area contributed by atoms with Crippen LogP contribution in [0, 0.1) is 5.82 Å². The third-order valence-corrected chi connectivity index (χ3v) is 4.52. The van der Waals surface area contributed by atoms with Gasteiger partial charge in [0.05, 0.1) is 13.3 Å². The van der Waals surface area contributed by atoms with E-state index in [9.17, 15) is 9.18 Å². The van der Waals surface area contributed by atoms with Crippen LogP contribution in [0.25, 0.3) is 11.0 Å². The Hall–Kier alpha value is -4.13. The summed E-state index contributed by atoms with van der Waals surface area (Å²) in [6.07, 6.45) is 1.49. The van der Waals surface area contributed by atoms with E-state index >= 15 is 0 Å². The summed E-state index contributed by atoms with van der Waals surface area (Å²) < 4.78 is 29.7. The molecule has 156 valence electrons. The minimum Gasteiger partial charge on any atom is -0.493 e. The van der Waals surface area contributed by atoms with Crippen molar-refractivity contribution in [1.29, 1.82) is 0 Å². The molecule has 0 aliphatic rings. The average Bonchev–Trinajstić information content (AvgIpc) is 3.23. The number of rotatable bonds is 7. The number of hydrogen-bond donors (Lipinski definition) is 1. The lowest BCUT2D eigenvalue weighted by Crippen LogP contribution is -2.16. The topological polar surface area (TPSA) is 73.1 Å². The van der Waals surface area contributed by atoms with Crippen LogP contribution in [0.5, 0.6) is 11.5 Å². The summed E-state index contributed by atoms with van der Waals surface area (Å²) in [7, 11) is 1.53. The summed E-state index contributed by atoms with van der Waals surface area (Å²) in [6.45, 7) is 0.275. The molecule has 0 bridgehead atoms. The fourth-order valence-corrected chi connectivity index (χ4v) is 2.94. The van der Waals surface area contributed by atoms with Crippen molar-refractivity contribution in [3.8, 4) is 11.5 Å². The lowest BCUT2D eigenvalue weighted by atomic mass is 10.2. The van der Waals surface area contributed by atoms with Crippen LogP contribution in [0.4, 0.5) is 4.39 Å². The lowest BCUT2D eigenvalue weighted by molar-refractivity contribution is 0.0929. The number of carbonyl (C=O) groups excluding carboxylic acids is 1. The highest BCUT2D eigenvalue weighted by Gasteiger charge is 2.11. The summed E-state index contributed by atoms with van der Waals surface area (Å²) in [5.41, 5.74) is 4.62. The van der Waals surface area contributed by atoms with E-state index in [4.69, 9.17) is 13.9 Å². The Balaban J connectivity index is 1.39. The van der Waals surface area contributed by atoms with Crippen molar-refractivity contribution in [3.05, 3.63) is 95.5 Å². The Morgan fingerprint density at radius 1 is 1.06 bits per heavy atom. The molecule has 0 radical (unpaired) electrons. The highest BCUT2D eigenvalue weighted by atomic mass is 19.1. The van der Waals surface area contributed by atoms with Crippen molar-refractivity contribution in [1.82, 2.24) is 5.43 Å². The number of halogens is 1. The molecule has 1 N–H and O–H groups in total. The van der Waals surface area contributed by atoms with Crippen LogP contribution in [-0.4, -0.2) is 19.2 Å². The molecule has 0 saturated carbocycles. The molecule has 0 atom stereocenters. The van der Waals surface area contributed by atoms with Gasteiger partial charge in [-0.2, -0.15) is 5.10 Å².